The Morgan fingerprint density at radius 3 is 2.17 bits per heavy atom. The predicted molar refractivity (Wildman–Crippen MR) is 57.3 cm³/mol. The summed E-state index contributed by atoms with van der Waals surface area (Å²) in [6.07, 6.45) is -8.52. The second-order valence-corrected chi connectivity index (χ2v) is 3.73. The van der Waals surface area contributed by atoms with E-state index in [2.05, 4.69) is 4.74 Å². The molecule has 0 spiro atoms. The summed E-state index contributed by atoms with van der Waals surface area (Å²) < 4.78 is 4.46. The number of aliphatic hydroxyl groups is 5. The zero-order chi connectivity index (χ0) is 14.3. The van der Waals surface area contributed by atoms with Crippen LogP contribution in [0.2, 0.25) is 0 Å². The quantitative estimate of drug-likeness (QED) is 0.230. The third kappa shape index (κ3) is 5.07. The molecule has 0 bridgehead atoms. The molecule has 8 heteroatoms. The third-order valence-electron chi connectivity index (χ3n) is 2.29. The van der Waals surface area contributed by atoms with Crippen LogP contribution in [0.1, 0.15) is 13.3 Å². The molecule has 0 aliphatic rings. The molecule has 0 aromatic rings. The van der Waals surface area contributed by atoms with Gasteiger partial charge >= 0.3 is 5.97 Å². The molecule has 8 nitrogen and oxygen atoms in total. The minimum atomic E-state index is -1.90. The Bertz CT molecular complexity index is 269. The highest BCUT2D eigenvalue weighted by Gasteiger charge is 2.31. The van der Waals surface area contributed by atoms with E-state index in [1.54, 1.807) is 6.92 Å². The van der Waals surface area contributed by atoms with Crippen LogP contribution in [0.15, 0.2) is 0 Å². The van der Waals surface area contributed by atoms with Crippen molar-refractivity contribution < 1.29 is 39.9 Å². The van der Waals surface area contributed by atoms with Crippen LogP contribution >= 0.6 is 0 Å². The average molecular weight is 266 g/mol. The molecule has 0 aromatic carbocycles. The van der Waals surface area contributed by atoms with Crippen molar-refractivity contribution in [1.82, 2.24) is 0 Å². The van der Waals surface area contributed by atoms with Crippen LogP contribution < -0.4 is 0 Å². The lowest BCUT2D eigenvalue weighted by atomic mass is 10.0. The molecule has 1 unspecified atom stereocenters. The fourth-order valence-corrected chi connectivity index (χ4v) is 1.04. The highest BCUT2D eigenvalue weighted by molar-refractivity contribution is 5.74. The number of carbonyl (C=O) groups excluding carboxylic acids is 2. The van der Waals surface area contributed by atoms with Crippen molar-refractivity contribution in [2.75, 3.05) is 6.61 Å². The van der Waals surface area contributed by atoms with Crippen LogP contribution in [-0.4, -0.2) is 74.9 Å². The normalized spacial score (nSPS) is 19.4. The zero-order valence-electron chi connectivity index (χ0n) is 9.84. The van der Waals surface area contributed by atoms with E-state index in [-0.39, 0.29) is 12.7 Å². The third-order valence-corrected chi connectivity index (χ3v) is 2.29. The van der Waals surface area contributed by atoms with Gasteiger partial charge in [-0.3, -0.25) is 0 Å². The van der Waals surface area contributed by atoms with Crippen molar-refractivity contribution >= 4 is 12.3 Å². The highest BCUT2D eigenvalue weighted by Crippen LogP contribution is 2.05. The molecular weight excluding hydrogens is 248 g/mol. The lowest BCUT2D eigenvalue weighted by Crippen LogP contribution is -2.47. The fourth-order valence-electron chi connectivity index (χ4n) is 1.04. The van der Waals surface area contributed by atoms with Gasteiger partial charge < -0.3 is 35.1 Å². The number of hydrogen-bond acceptors (Lipinski definition) is 8. The molecule has 0 fully saturated rings. The first-order chi connectivity index (χ1) is 8.34. The molecule has 0 heterocycles. The van der Waals surface area contributed by atoms with Gasteiger partial charge in [0, 0.05) is 0 Å². The summed E-state index contributed by atoms with van der Waals surface area (Å²) in [5.74, 6) is -0.978. The van der Waals surface area contributed by atoms with E-state index in [0.717, 1.165) is 0 Å². The molecular formula is C10H18O8. The number of ether oxygens (including phenoxy) is 1. The zero-order valence-corrected chi connectivity index (χ0v) is 9.84. The van der Waals surface area contributed by atoms with E-state index in [9.17, 15) is 24.9 Å². The minimum Gasteiger partial charge on any atom is -0.461 e. The van der Waals surface area contributed by atoms with Crippen LogP contribution in [0.3, 0.4) is 0 Å². The number of carbonyl (C=O) groups is 2. The summed E-state index contributed by atoms with van der Waals surface area (Å²) in [7, 11) is 0. The summed E-state index contributed by atoms with van der Waals surface area (Å²) >= 11 is 0. The molecule has 0 saturated carbocycles. The van der Waals surface area contributed by atoms with E-state index >= 15 is 0 Å². The van der Waals surface area contributed by atoms with Gasteiger partial charge in [-0.2, -0.15) is 0 Å². The maximum absolute atomic E-state index is 11.0. The van der Waals surface area contributed by atoms with Crippen molar-refractivity contribution in [3.8, 4) is 0 Å². The van der Waals surface area contributed by atoms with Crippen LogP contribution in [0.5, 0.6) is 0 Å². The summed E-state index contributed by atoms with van der Waals surface area (Å²) in [5.41, 5.74) is 0. The monoisotopic (exact) mass is 266 g/mol. The van der Waals surface area contributed by atoms with Crippen LogP contribution in [-0.2, 0) is 14.3 Å². The molecule has 0 aliphatic heterocycles. The Labute approximate surface area is 103 Å². The number of rotatable bonds is 8. The van der Waals surface area contributed by atoms with Gasteiger partial charge in [-0.15, -0.1) is 0 Å². The van der Waals surface area contributed by atoms with Crippen LogP contribution in [0, 0.1) is 0 Å². The van der Waals surface area contributed by atoms with Crippen LogP contribution in [0.25, 0.3) is 0 Å². The Balaban J connectivity index is 4.20. The van der Waals surface area contributed by atoms with E-state index in [1.165, 1.54) is 0 Å². The van der Waals surface area contributed by atoms with Gasteiger partial charge in [-0.1, -0.05) is 6.92 Å². The SMILES string of the molecule is CCC(O)C(=O)OC[C@@H](O)[C@@H](O)[C@H](O)[C@@H](O)C=O. The average Bonchev–Trinajstić information content (AvgIpc) is 2.40. The number of esters is 1. The second kappa shape index (κ2) is 8.11. The van der Waals surface area contributed by atoms with Crippen molar-refractivity contribution in [1.29, 1.82) is 0 Å². The Kier molecular flexibility index (Phi) is 7.64. The molecule has 18 heavy (non-hydrogen) atoms. The molecule has 0 aromatic heterocycles. The minimum absolute atomic E-state index is 0.00649. The predicted octanol–water partition coefficient (Wildman–Crippen LogP) is -3.06. The molecule has 0 aliphatic carbocycles. The van der Waals surface area contributed by atoms with Gasteiger partial charge in [-0.05, 0) is 6.42 Å². The standard InChI is InChI=1S/C10H18O8/c1-2-5(12)10(17)18-4-7(14)9(16)8(15)6(13)3-11/h3,5-9,12-16H,2,4H2,1H3/t5?,6-,7+,8+,9+/m0/s1. The number of hydrogen-bond donors (Lipinski definition) is 5. The topological polar surface area (TPSA) is 145 Å². The highest BCUT2D eigenvalue weighted by atomic mass is 16.6. The van der Waals surface area contributed by atoms with Crippen molar-refractivity contribution in [3.63, 3.8) is 0 Å². The first-order valence-electron chi connectivity index (χ1n) is 5.37. The fraction of sp³-hybridized carbons (Fsp3) is 0.800. The smallest absolute Gasteiger partial charge is 0.335 e. The van der Waals surface area contributed by atoms with Gasteiger partial charge in [0.05, 0.1) is 0 Å². The molecule has 5 atom stereocenters. The first kappa shape index (κ1) is 16.9. The maximum Gasteiger partial charge on any atom is 0.335 e. The number of aldehydes is 1. The van der Waals surface area contributed by atoms with E-state index in [1.807, 2.05) is 0 Å². The largest absolute Gasteiger partial charge is 0.461 e. The summed E-state index contributed by atoms with van der Waals surface area (Å²) in [6, 6.07) is 0. The van der Waals surface area contributed by atoms with E-state index < -0.39 is 43.1 Å². The van der Waals surface area contributed by atoms with E-state index in [0.29, 0.717) is 0 Å². The summed E-state index contributed by atoms with van der Waals surface area (Å²) in [6.45, 7) is 0.862. The van der Waals surface area contributed by atoms with Crippen molar-refractivity contribution in [2.45, 2.75) is 43.9 Å². The van der Waals surface area contributed by atoms with Crippen LogP contribution in [0.4, 0.5) is 0 Å². The molecule has 5 N–H and O–H groups in total. The molecule has 0 radical (unpaired) electrons. The lowest BCUT2D eigenvalue weighted by molar-refractivity contribution is -0.164. The Morgan fingerprint density at radius 2 is 1.72 bits per heavy atom. The second-order valence-electron chi connectivity index (χ2n) is 3.73. The van der Waals surface area contributed by atoms with Gasteiger partial charge in [0.1, 0.15) is 31.0 Å². The maximum atomic E-state index is 11.0. The molecule has 0 saturated heterocycles. The molecule has 0 amide bonds. The van der Waals surface area contributed by atoms with Crippen molar-refractivity contribution in [3.05, 3.63) is 0 Å². The van der Waals surface area contributed by atoms with Gasteiger partial charge in [0.2, 0.25) is 0 Å². The number of aliphatic hydroxyl groups excluding tert-OH is 5. The Morgan fingerprint density at radius 1 is 1.17 bits per heavy atom. The molecule has 0 rings (SSSR count). The lowest BCUT2D eigenvalue weighted by Gasteiger charge is -2.24. The van der Waals surface area contributed by atoms with Gasteiger partial charge in [0.25, 0.3) is 0 Å². The van der Waals surface area contributed by atoms with Gasteiger partial charge in [0.15, 0.2) is 12.4 Å². The Hall–Kier alpha value is -1.06. The van der Waals surface area contributed by atoms with Gasteiger partial charge in [-0.25, -0.2) is 4.79 Å². The van der Waals surface area contributed by atoms with Crippen molar-refractivity contribution in [2.24, 2.45) is 0 Å². The molecule has 106 valence electrons. The first-order valence-corrected chi connectivity index (χ1v) is 5.37. The summed E-state index contributed by atoms with van der Waals surface area (Å²) in [4.78, 5) is 21.2. The summed E-state index contributed by atoms with van der Waals surface area (Å²) in [5, 5.41) is 45.8. The van der Waals surface area contributed by atoms with E-state index in [4.69, 9.17) is 10.2 Å².